The lowest BCUT2D eigenvalue weighted by Gasteiger charge is -1.89. The van der Waals surface area contributed by atoms with E-state index in [1.54, 1.807) is 6.08 Å². The van der Waals surface area contributed by atoms with Crippen molar-refractivity contribution in [1.29, 1.82) is 0 Å². The lowest BCUT2D eigenvalue weighted by Crippen LogP contribution is -1.66. The van der Waals surface area contributed by atoms with Crippen molar-refractivity contribution in [3.05, 3.63) is 51.9 Å². The van der Waals surface area contributed by atoms with Gasteiger partial charge in [0, 0.05) is 0 Å². The predicted molar refractivity (Wildman–Crippen MR) is 68.1 cm³/mol. The van der Waals surface area contributed by atoms with E-state index >= 15 is 0 Å². The van der Waals surface area contributed by atoms with Crippen LogP contribution in [-0.4, -0.2) is 0 Å². The van der Waals surface area contributed by atoms with Crippen LogP contribution in [0, 0.1) is 0 Å². The molecule has 0 aliphatic carbocycles. The molecule has 0 unspecified atom stereocenters. The zero-order valence-corrected chi connectivity index (χ0v) is 10.7. The van der Waals surface area contributed by atoms with Crippen LogP contribution in [-0.2, 0) is 0 Å². The van der Waals surface area contributed by atoms with Gasteiger partial charge in [0.1, 0.15) is 0 Å². The Balaban J connectivity index is 0.000000424. The summed E-state index contributed by atoms with van der Waals surface area (Å²) in [6.07, 6.45) is 3.75. The second-order valence-corrected chi connectivity index (χ2v) is 5.03. The first kappa shape index (κ1) is 12.7. The van der Waals surface area contributed by atoms with Crippen LogP contribution in [0.4, 0.5) is 0 Å². The van der Waals surface area contributed by atoms with E-state index in [1.165, 1.54) is 5.56 Å². The van der Waals surface area contributed by atoms with Crippen LogP contribution in [0.2, 0.25) is 0 Å². The summed E-state index contributed by atoms with van der Waals surface area (Å²) in [5, 5.41) is 0. The van der Waals surface area contributed by atoms with Gasteiger partial charge in [0.15, 0.2) is 0 Å². The Morgan fingerprint density at radius 2 is 1.69 bits per heavy atom. The van der Waals surface area contributed by atoms with E-state index in [4.69, 9.17) is 0 Å². The monoisotopic (exact) mass is 302 g/mol. The predicted octanol–water partition coefficient (Wildman–Crippen LogP) is 4.97. The lowest BCUT2D eigenvalue weighted by atomic mass is 10.2. The summed E-state index contributed by atoms with van der Waals surface area (Å²) in [6.45, 7) is 5.25. The Bertz CT molecular complexity index is 259. The number of hydrogen-bond donors (Lipinski definition) is 0. The van der Waals surface area contributed by atoms with Crippen LogP contribution in [0.1, 0.15) is 12.5 Å². The van der Waals surface area contributed by atoms with Gasteiger partial charge in [0.05, 0.1) is 3.39 Å². The number of allylic oxidation sites excluding steroid dienone is 1. The van der Waals surface area contributed by atoms with Crippen LogP contribution >= 0.6 is 31.9 Å². The normalized spacial score (nSPS) is 7.92. The minimum atomic E-state index is 0.964. The molecular weight excluding hydrogens is 292 g/mol. The smallest absolute Gasteiger partial charge is 0.0610 e. The van der Waals surface area contributed by atoms with E-state index in [-0.39, 0.29) is 0 Å². The number of benzene rings is 1. The molecule has 0 bridgehead atoms. The molecule has 0 spiro atoms. The molecule has 70 valence electrons. The summed E-state index contributed by atoms with van der Waals surface area (Å²) in [4.78, 5) is 0. The molecule has 1 rings (SSSR count). The minimum Gasteiger partial charge on any atom is -0.103 e. The molecule has 0 nitrogen and oxygen atoms in total. The summed E-state index contributed by atoms with van der Waals surface area (Å²) in [5.41, 5.74) is 1.19. The Morgan fingerprint density at radius 3 is 2.08 bits per heavy atom. The first-order chi connectivity index (χ1) is 6.20. The van der Waals surface area contributed by atoms with E-state index in [1.807, 2.05) is 43.3 Å². The van der Waals surface area contributed by atoms with Gasteiger partial charge in [-0.2, -0.15) is 0 Å². The Hall–Kier alpha value is -0.340. The molecule has 0 saturated heterocycles. The summed E-state index contributed by atoms with van der Waals surface area (Å²) < 4.78 is 0.964. The molecular formula is C11H12Br2. The van der Waals surface area contributed by atoms with Crippen molar-refractivity contribution in [1.82, 2.24) is 0 Å². The quantitative estimate of drug-likeness (QED) is 0.643. The average molecular weight is 304 g/mol. The van der Waals surface area contributed by atoms with Gasteiger partial charge in [-0.15, -0.1) is 6.58 Å². The summed E-state index contributed by atoms with van der Waals surface area (Å²) in [6, 6.07) is 10.1. The van der Waals surface area contributed by atoms with Crippen molar-refractivity contribution in [2.45, 2.75) is 6.92 Å². The van der Waals surface area contributed by atoms with Gasteiger partial charge in [-0.05, 0) is 50.4 Å². The molecule has 0 atom stereocenters. The molecule has 0 saturated carbocycles. The summed E-state index contributed by atoms with van der Waals surface area (Å²) >= 11 is 6.58. The van der Waals surface area contributed by atoms with Crippen LogP contribution in [0.3, 0.4) is 0 Å². The minimum absolute atomic E-state index is 0.964. The van der Waals surface area contributed by atoms with Gasteiger partial charge in [-0.25, -0.2) is 0 Å². The molecule has 2 heteroatoms. The maximum absolute atomic E-state index is 3.36. The maximum Gasteiger partial charge on any atom is 0.0610 e. The largest absolute Gasteiger partial charge is 0.103 e. The highest BCUT2D eigenvalue weighted by atomic mass is 79.9. The van der Waals surface area contributed by atoms with E-state index < -0.39 is 0 Å². The summed E-state index contributed by atoms with van der Waals surface area (Å²) in [7, 11) is 0. The van der Waals surface area contributed by atoms with Crippen LogP contribution in [0.25, 0.3) is 6.08 Å². The SMILES string of the molecule is BrC(Br)=Cc1ccccc1.C=CC. The van der Waals surface area contributed by atoms with Crippen molar-refractivity contribution in [2.24, 2.45) is 0 Å². The highest BCUT2D eigenvalue weighted by Crippen LogP contribution is 2.17. The third-order valence-corrected chi connectivity index (χ3v) is 1.53. The molecule has 0 aliphatic rings. The lowest BCUT2D eigenvalue weighted by molar-refractivity contribution is 1.66. The maximum atomic E-state index is 3.36. The van der Waals surface area contributed by atoms with E-state index in [0.29, 0.717) is 0 Å². The topological polar surface area (TPSA) is 0 Å². The third kappa shape index (κ3) is 8.00. The van der Waals surface area contributed by atoms with Gasteiger partial charge >= 0.3 is 0 Å². The highest BCUT2D eigenvalue weighted by Gasteiger charge is 1.84. The number of hydrogen-bond acceptors (Lipinski definition) is 0. The number of rotatable bonds is 1. The van der Waals surface area contributed by atoms with Crippen LogP contribution in [0.5, 0.6) is 0 Å². The second kappa shape index (κ2) is 8.27. The molecule has 0 N–H and O–H groups in total. The Labute approximate surface area is 96.6 Å². The van der Waals surface area contributed by atoms with Crippen molar-refractivity contribution in [2.75, 3.05) is 0 Å². The molecule has 13 heavy (non-hydrogen) atoms. The first-order valence-corrected chi connectivity index (χ1v) is 5.44. The fourth-order valence-corrected chi connectivity index (χ4v) is 1.20. The van der Waals surface area contributed by atoms with Gasteiger partial charge in [-0.3, -0.25) is 0 Å². The average Bonchev–Trinajstić information content (AvgIpc) is 2.06. The molecule has 0 aliphatic heterocycles. The molecule has 1 aromatic rings. The van der Waals surface area contributed by atoms with Crippen molar-refractivity contribution in [3.8, 4) is 0 Å². The van der Waals surface area contributed by atoms with Gasteiger partial charge in [-0.1, -0.05) is 36.4 Å². The fourth-order valence-electron chi connectivity index (χ4n) is 0.675. The van der Waals surface area contributed by atoms with E-state index in [9.17, 15) is 0 Å². The standard InChI is InChI=1S/C8H6Br2.C3H6/c9-8(10)6-7-4-2-1-3-5-7;1-3-2/h1-6H;3H,1H2,2H3. The Morgan fingerprint density at radius 1 is 1.23 bits per heavy atom. The third-order valence-electron chi connectivity index (χ3n) is 1.08. The van der Waals surface area contributed by atoms with Crippen LogP contribution < -0.4 is 0 Å². The molecule has 0 radical (unpaired) electrons. The fraction of sp³-hybridized carbons (Fsp3) is 0.0909. The molecule has 0 aromatic heterocycles. The molecule has 0 heterocycles. The van der Waals surface area contributed by atoms with E-state index in [2.05, 4.69) is 38.4 Å². The van der Waals surface area contributed by atoms with Gasteiger partial charge < -0.3 is 0 Å². The van der Waals surface area contributed by atoms with Crippen LogP contribution in [0.15, 0.2) is 46.4 Å². The molecule has 0 amide bonds. The zero-order chi connectivity index (χ0) is 10.1. The zero-order valence-electron chi connectivity index (χ0n) is 7.50. The summed E-state index contributed by atoms with van der Waals surface area (Å²) in [5.74, 6) is 0. The number of halogens is 2. The Kier molecular flexibility index (Phi) is 8.05. The molecule has 0 fully saturated rings. The first-order valence-electron chi connectivity index (χ1n) is 3.85. The van der Waals surface area contributed by atoms with Crippen molar-refractivity contribution >= 4 is 37.9 Å². The van der Waals surface area contributed by atoms with Crippen molar-refractivity contribution < 1.29 is 0 Å². The van der Waals surface area contributed by atoms with Crippen molar-refractivity contribution in [3.63, 3.8) is 0 Å². The second-order valence-electron chi connectivity index (χ2n) is 2.25. The highest BCUT2D eigenvalue weighted by molar-refractivity contribution is 9.28. The van der Waals surface area contributed by atoms with E-state index in [0.717, 1.165) is 3.39 Å². The van der Waals surface area contributed by atoms with Gasteiger partial charge in [0.2, 0.25) is 0 Å². The molecule has 1 aromatic carbocycles. The van der Waals surface area contributed by atoms with Gasteiger partial charge in [0.25, 0.3) is 0 Å².